The molecule has 2 aromatic rings. The molecule has 4 nitrogen and oxygen atoms in total. The minimum Gasteiger partial charge on any atom is -0.496 e. The summed E-state index contributed by atoms with van der Waals surface area (Å²) in [4.78, 5) is 11.0. The maximum Gasteiger partial charge on any atom is 0.153 e. The van der Waals surface area contributed by atoms with Crippen LogP contribution >= 0.6 is 11.6 Å². The van der Waals surface area contributed by atoms with Crippen LogP contribution in [0.1, 0.15) is 21.5 Å². The van der Waals surface area contributed by atoms with Crippen LogP contribution in [0.3, 0.4) is 0 Å². The third-order valence-electron chi connectivity index (χ3n) is 2.89. The molecule has 0 radical (unpaired) electrons. The molecule has 0 N–H and O–H groups in total. The number of carbonyl (C=O) groups excluding carboxylic acids is 1. The van der Waals surface area contributed by atoms with Crippen molar-refractivity contribution in [2.75, 3.05) is 7.11 Å². The van der Waals surface area contributed by atoms with Gasteiger partial charge >= 0.3 is 0 Å². The number of hydrogen-bond acceptors (Lipinski definition) is 4. The Balaban J connectivity index is 2.24. The van der Waals surface area contributed by atoms with Crippen molar-refractivity contribution in [2.45, 2.75) is 6.61 Å². The van der Waals surface area contributed by atoms with Gasteiger partial charge < -0.3 is 9.47 Å². The van der Waals surface area contributed by atoms with E-state index in [4.69, 9.17) is 26.3 Å². The molecule has 0 aliphatic rings. The number of aldehydes is 1. The summed E-state index contributed by atoms with van der Waals surface area (Å²) < 4.78 is 10.9. The first-order valence-electron chi connectivity index (χ1n) is 6.12. The Morgan fingerprint density at radius 1 is 1.24 bits per heavy atom. The minimum absolute atomic E-state index is 0.182. The Morgan fingerprint density at radius 2 is 2.00 bits per heavy atom. The number of rotatable bonds is 5. The number of ether oxygens (including phenoxy) is 2. The highest BCUT2D eigenvalue weighted by molar-refractivity contribution is 6.30. The van der Waals surface area contributed by atoms with Gasteiger partial charge in [-0.3, -0.25) is 4.79 Å². The molecule has 0 heterocycles. The van der Waals surface area contributed by atoms with Crippen molar-refractivity contribution in [3.63, 3.8) is 0 Å². The number of hydrogen-bond donors (Lipinski definition) is 0. The SMILES string of the molecule is COc1ccc(C#N)cc1COc1ccc(Cl)cc1C=O. The smallest absolute Gasteiger partial charge is 0.153 e. The number of halogens is 1. The molecule has 0 aliphatic heterocycles. The van der Waals surface area contributed by atoms with E-state index >= 15 is 0 Å². The fourth-order valence-corrected chi connectivity index (χ4v) is 2.04. The number of methoxy groups -OCH3 is 1. The van der Waals surface area contributed by atoms with Crippen molar-refractivity contribution in [2.24, 2.45) is 0 Å². The molecule has 106 valence electrons. The Bertz CT molecular complexity index is 707. The van der Waals surface area contributed by atoms with E-state index < -0.39 is 0 Å². The molecule has 0 unspecified atom stereocenters. The lowest BCUT2D eigenvalue weighted by molar-refractivity contribution is 0.111. The number of carbonyl (C=O) groups is 1. The number of benzene rings is 2. The average Bonchev–Trinajstić information content (AvgIpc) is 2.53. The van der Waals surface area contributed by atoms with Crippen LogP contribution in [-0.4, -0.2) is 13.4 Å². The van der Waals surface area contributed by atoms with E-state index in [1.807, 2.05) is 0 Å². The normalized spacial score (nSPS) is 9.76. The van der Waals surface area contributed by atoms with Crippen LogP contribution in [0.2, 0.25) is 5.02 Å². The van der Waals surface area contributed by atoms with Crippen molar-refractivity contribution < 1.29 is 14.3 Å². The van der Waals surface area contributed by atoms with E-state index in [2.05, 4.69) is 6.07 Å². The summed E-state index contributed by atoms with van der Waals surface area (Å²) in [5.74, 6) is 1.05. The highest BCUT2D eigenvalue weighted by Crippen LogP contribution is 2.25. The van der Waals surface area contributed by atoms with Gasteiger partial charge in [-0.15, -0.1) is 0 Å². The lowest BCUT2D eigenvalue weighted by atomic mass is 10.1. The van der Waals surface area contributed by atoms with Crippen LogP contribution < -0.4 is 9.47 Å². The van der Waals surface area contributed by atoms with Gasteiger partial charge in [0.1, 0.15) is 18.1 Å². The zero-order chi connectivity index (χ0) is 15.2. The predicted molar refractivity (Wildman–Crippen MR) is 78.9 cm³/mol. The second kappa shape index (κ2) is 6.78. The number of nitriles is 1. The van der Waals surface area contributed by atoms with Gasteiger partial charge in [-0.05, 0) is 36.4 Å². The summed E-state index contributed by atoms with van der Waals surface area (Å²) in [6.07, 6.45) is 0.685. The van der Waals surface area contributed by atoms with E-state index in [1.54, 1.807) is 37.4 Å². The lowest BCUT2D eigenvalue weighted by Crippen LogP contribution is -2.01. The van der Waals surface area contributed by atoms with E-state index in [0.29, 0.717) is 33.9 Å². The third kappa shape index (κ3) is 3.53. The van der Waals surface area contributed by atoms with Crippen LogP contribution in [0.25, 0.3) is 0 Å². The zero-order valence-corrected chi connectivity index (χ0v) is 12.1. The van der Waals surface area contributed by atoms with Gasteiger partial charge in [0.15, 0.2) is 6.29 Å². The molecule has 0 atom stereocenters. The predicted octanol–water partition coefficient (Wildman–Crippen LogP) is 3.61. The van der Waals surface area contributed by atoms with Crippen LogP contribution in [0.15, 0.2) is 36.4 Å². The first kappa shape index (κ1) is 14.9. The van der Waals surface area contributed by atoms with E-state index in [0.717, 1.165) is 5.56 Å². The van der Waals surface area contributed by atoms with E-state index in [9.17, 15) is 4.79 Å². The highest BCUT2D eigenvalue weighted by atomic mass is 35.5. The molecule has 5 heteroatoms. The molecule has 0 amide bonds. The first-order chi connectivity index (χ1) is 10.2. The third-order valence-corrected chi connectivity index (χ3v) is 3.13. The van der Waals surface area contributed by atoms with Gasteiger partial charge in [-0.2, -0.15) is 5.26 Å². The monoisotopic (exact) mass is 301 g/mol. The molecule has 21 heavy (non-hydrogen) atoms. The van der Waals surface area contributed by atoms with Crippen LogP contribution in [0.5, 0.6) is 11.5 Å². The molecule has 0 aliphatic carbocycles. The fraction of sp³-hybridized carbons (Fsp3) is 0.125. The lowest BCUT2D eigenvalue weighted by Gasteiger charge is -2.12. The summed E-state index contributed by atoms with van der Waals surface area (Å²) in [5.41, 5.74) is 1.61. The van der Waals surface area contributed by atoms with E-state index in [-0.39, 0.29) is 6.61 Å². The van der Waals surface area contributed by atoms with Crippen molar-refractivity contribution in [3.8, 4) is 17.6 Å². The quantitative estimate of drug-likeness (QED) is 0.792. The Morgan fingerprint density at radius 3 is 2.67 bits per heavy atom. The molecule has 2 rings (SSSR count). The molecular weight excluding hydrogens is 290 g/mol. The summed E-state index contributed by atoms with van der Waals surface area (Å²) in [5, 5.41) is 9.40. The topological polar surface area (TPSA) is 59.3 Å². The summed E-state index contributed by atoms with van der Waals surface area (Å²) in [6.45, 7) is 0.182. The summed E-state index contributed by atoms with van der Waals surface area (Å²) >= 11 is 5.83. The second-order valence-electron chi connectivity index (χ2n) is 4.23. The van der Waals surface area contributed by atoms with E-state index in [1.165, 1.54) is 6.07 Å². The minimum atomic E-state index is 0.182. The first-order valence-corrected chi connectivity index (χ1v) is 6.50. The summed E-state index contributed by atoms with van der Waals surface area (Å²) in [6, 6.07) is 11.9. The fourth-order valence-electron chi connectivity index (χ4n) is 1.86. The average molecular weight is 302 g/mol. The maximum atomic E-state index is 11.0. The molecule has 0 aromatic heterocycles. The molecule has 2 aromatic carbocycles. The van der Waals surface area contributed by atoms with Crippen molar-refractivity contribution >= 4 is 17.9 Å². The molecular formula is C16H12ClNO3. The number of nitrogens with zero attached hydrogens (tertiary/aromatic N) is 1. The van der Waals surface area contributed by atoms with Crippen LogP contribution in [0.4, 0.5) is 0 Å². The van der Waals surface area contributed by atoms with Crippen LogP contribution in [0, 0.1) is 11.3 Å². The van der Waals surface area contributed by atoms with Gasteiger partial charge in [0.25, 0.3) is 0 Å². The molecule has 0 spiro atoms. The van der Waals surface area contributed by atoms with Gasteiger partial charge in [0, 0.05) is 10.6 Å². The highest BCUT2D eigenvalue weighted by Gasteiger charge is 2.08. The Labute approximate surface area is 127 Å². The van der Waals surface area contributed by atoms with Crippen molar-refractivity contribution in [3.05, 3.63) is 58.1 Å². The Hall–Kier alpha value is -2.51. The van der Waals surface area contributed by atoms with Crippen molar-refractivity contribution in [1.29, 1.82) is 5.26 Å². The molecule has 0 fully saturated rings. The Kier molecular flexibility index (Phi) is 4.81. The van der Waals surface area contributed by atoms with Gasteiger partial charge in [0.05, 0.1) is 24.3 Å². The molecule has 0 saturated carbocycles. The van der Waals surface area contributed by atoms with Gasteiger partial charge in [0.2, 0.25) is 0 Å². The maximum absolute atomic E-state index is 11.0. The second-order valence-corrected chi connectivity index (χ2v) is 4.66. The largest absolute Gasteiger partial charge is 0.496 e. The standard InChI is InChI=1S/C16H12ClNO3/c1-20-15-4-2-11(8-18)6-13(15)10-21-16-5-3-14(17)7-12(16)9-19/h2-7,9H,10H2,1H3. The zero-order valence-electron chi connectivity index (χ0n) is 11.3. The molecule has 0 bridgehead atoms. The van der Waals surface area contributed by atoms with Gasteiger partial charge in [-0.1, -0.05) is 11.6 Å². The molecule has 0 saturated heterocycles. The summed E-state index contributed by atoms with van der Waals surface area (Å²) in [7, 11) is 1.55. The van der Waals surface area contributed by atoms with Crippen molar-refractivity contribution in [1.82, 2.24) is 0 Å². The van der Waals surface area contributed by atoms with Crippen LogP contribution in [-0.2, 0) is 6.61 Å². The van der Waals surface area contributed by atoms with Gasteiger partial charge in [-0.25, -0.2) is 0 Å².